The Labute approximate surface area is 317 Å². The fourth-order valence-corrected chi connectivity index (χ4v) is 8.32. The summed E-state index contributed by atoms with van der Waals surface area (Å²) in [5.41, 5.74) is 11.3. The Balaban J connectivity index is 1.10. The zero-order chi connectivity index (χ0) is 36.3. The lowest BCUT2D eigenvalue weighted by Gasteiger charge is -2.25. The summed E-state index contributed by atoms with van der Waals surface area (Å²) in [5, 5.41) is 7.96. The molecule has 3 nitrogen and oxygen atoms in total. The Hall–Kier alpha value is -7.36. The Bertz CT molecular complexity index is 3140. The van der Waals surface area contributed by atoms with E-state index in [1.165, 1.54) is 10.8 Å². The number of furan rings is 2. The van der Waals surface area contributed by atoms with Crippen molar-refractivity contribution in [3.63, 3.8) is 0 Å². The summed E-state index contributed by atoms with van der Waals surface area (Å²) < 4.78 is 13.6. The van der Waals surface area contributed by atoms with Crippen molar-refractivity contribution in [2.75, 3.05) is 4.90 Å². The highest BCUT2D eigenvalue weighted by Crippen LogP contribution is 2.48. The molecule has 258 valence electrons. The zero-order valence-corrected chi connectivity index (χ0v) is 29.8. The molecule has 11 aromatic rings. The van der Waals surface area contributed by atoms with E-state index in [2.05, 4.69) is 187 Å². The van der Waals surface area contributed by atoms with Crippen LogP contribution in [-0.4, -0.2) is 0 Å². The number of benzene rings is 9. The normalized spacial score (nSPS) is 11.6. The third-order valence-corrected chi connectivity index (χ3v) is 10.8. The number of rotatable bonds is 6. The molecule has 2 heterocycles. The van der Waals surface area contributed by atoms with E-state index in [-0.39, 0.29) is 0 Å². The molecule has 0 saturated heterocycles. The predicted octanol–water partition coefficient (Wildman–Crippen LogP) is 15.1. The number of nitrogens with zero attached hydrogens (tertiary/aromatic N) is 1. The van der Waals surface area contributed by atoms with E-state index >= 15 is 0 Å². The van der Waals surface area contributed by atoms with Crippen molar-refractivity contribution < 1.29 is 8.83 Å². The molecule has 0 aliphatic rings. The predicted molar refractivity (Wildman–Crippen MR) is 229 cm³/mol. The molecule has 0 aliphatic heterocycles. The number of hydrogen-bond acceptors (Lipinski definition) is 3. The minimum atomic E-state index is 0.854. The van der Waals surface area contributed by atoms with Gasteiger partial charge >= 0.3 is 0 Å². The third kappa shape index (κ3) is 5.13. The van der Waals surface area contributed by atoms with Crippen LogP contribution in [0, 0.1) is 0 Å². The van der Waals surface area contributed by atoms with Crippen LogP contribution in [0.2, 0.25) is 0 Å². The molecule has 11 rings (SSSR count). The van der Waals surface area contributed by atoms with Gasteiger partial charge in [-0.3, -0.25) is 0 Å². The fourth-order valence-electron chi connectivity index (χ4n) is 8.32. The molecule has 0 bridgehead atoms. The summed E-state index contributed by atoms with van der Waals surface area (Å²) in [6.45, 7) is 0. The lowest BCUT2D eigenvalue weighted by molar-refractivity contribution is 0.636. The van der Waals surface area contributed by atoms with Gasteiger partial charge in [-0.15, -0.1) is 0 Å². The SMILES string of the molecule is c1ccc(-c2oc3c4ccccc4c4ccc(-c5ccc6c(c5)oc5cc(N(c7ccccc7)c7ccccc7)ccc56)cc4c3c2-c2ccccc2)cc1. The molecule has 0 aliphatic carbocycles. The van der Waals surface area contributed by atoms with Crippen LogP contribution in [0.25, 0.3) is 88.0 Å². The molecule has 0 atom stereocenters. The van der Waals surface area contributed by atoms with Gasteiger partial charge < -0.3 is 13.7 Å². The van der Waals surface area contributed by atoms with Gasteiger partial charge in [0.25, 0.3) is 0 Å². The molecule has 0 N–H and O–H groups in total. The van der Waals surface area contributed by atoms with Crippen molar-refractivity contribution in [2.24, 2.45) is 0 Å². The first kappa shape index (κ1) is 31.2. The van der Waals surface area contributed by atoms with Gasteiger partial charge in [-0.05, 0) is 87.4 Å². The van der Waals surface area contributed by atoms with Crippen LogP contribution in [0.1, 0.15) is 0 Å². The second-order valence-electron chi connectivity index (χ2n) is 14.0. The molecule has 0 unspecified atom stereocenters. The van der Waals surface area contributed by atoms with Crippen molar-refractivity contribution in [1.82, 2.24) is 0 Å². The van der Waals surface area contributed by atoms with Crippen LogP contribution in [0.3, 0.4) is 0 Å². The molecule has 0 saturated carbocycles. The second-order valence-corrected chi connectivity index (χ2v) is 14.0. The minimum absolute atomic E-state index is 0.854. The first-order chi connectivity index (χ1) is 27.3. The quantitative estimate of drug-likeness (QED) is 0.162. The largest absolute Gasteiger partial charge is 0.456 e. The first-order valence-electron chi connectivity index (χ1n) is 18.7. The fraction of sp³-hybridized carbons (Fsp3) is 0. The molecule has 0 radical (unpaired) electrons. The van der Waals surface area contributed by atoms with E-state index in [1.54, 1.807) is 0 Å². The van der Waals surface area contributed by atoms with Crippen LogP contribution in [0.15, 0.2) is 209 Å². The average molecular weight is 704 g/mol. The van der Waals surface area contributed by atoms with E-state index in [9.17, 15) is 0 Å². The van der Waals surface area contributed by atoms with Gasteiger partial charge in [0.15, 0.2) is 0 Å². The van der Waals surface area contributed by atoms with Crippen molar-refractivity contribution >= 4 is 71.5 Å². The standard InChI is InChI=1S/C52H33NO2/c1-5-15-34(16-6-1)49-50-46-31-36(25-28-42(46)41-23-13-14-24-45(41)52(50)55-51(49)35-17-7-2-8-18-35)37-26-29-43-44-30-27-40(33-48(44)54-47(43)32-37)53(38-19-9-3-10-20-38)39-21-11-4-12-22-39/h1-33H. The Morgan fingerprint density at radius 2 is 0.818 bits per heavy atom. The topological polar surface area (TPSA) is 29.5 Å². The van der Waals surface area contributed by atoms with Gasteiger partial charge in [0.1, 0.15) is 22.5 Å². The summed E-state index contributed by atoms with van der Waals surface area (Å²) >= 11 is 0. The molecule has 0 amide bonds. The Morgan fingerprint density at radius 3 is 1.49 bits per heavy atom. The molecular formula is C52H33NO2. The highest BCUT2D eigenvalue weighted by molar-refractivity contribution is 6.29. The molecule has 9 aromatic carbocycles. The van der Waals surface area contributed by atoms with E-state index in [0.717, 1.165) is 94.3 Å². The van der Waals surface area contributed by atoms with Crippen molar-refractivity contribution in [3.05, 3.63) is 200 Å². The summed E-state index contributed by atoms with van der Waals surface area (Å²) in [5.74, 6) is 0.881. The van der Waals surface area contributed by atoms with Crippen LogP contribution in [-0.2, 0) is 0 Å². The van der Waals surface area contributed by atoms with Crippen LogP contribution in [0.5, 0.6) is 0 Å². The van der Waals surface area contributed by atoms with Gasteiger partial charge in [0.05, 0.1) is 0 Å². The molecule has 3 heteroatoms. The van der Waals surface area contributed by atoms with Crippen LogP contribution >= 0.6 is 0 Å². The highest BCUT2D eigenvalue weighted by Gasteiger charge is 2.23. The lowest BCUT2D eigenvalue weighted by atomic mass is 9.90. The highest BCUT2D eigenvalue weighted by atomic mass is 16.3. The molecular weight excluding hydrogens is 671 g/mol. The summed E-state index contributed by atoms with van der Waals surface area (Å²) in [6, 6.07) is 70.6. The van der Waals surface area contributed by atoms with Crippen LogP contribution in [0.4, 0.5) is 17.1 Å². The average Bonchev–Trinajstić information content (AvgIpc) is 3.84. The van der Waals surface area contributed by atoms with E-state index in [1.807, 2.05) is 18.2 Å². The smallest absolute Gasteiger partial charge is 0.143 e. The Kier molecular flexibility index (Phi) is 7.17. The molecule has 55 heavy (non-hydrogen) atoms. The molecule has 2 aromatic heterocycles. The lowest BCUT2D eigenvalue weighted by Crippen LogP contribution is -2.09. The number of hydrogen-bond donors (Lipinski definition) is 0. The third-order valence-electron chi connectivity index (χ3n) is 10.8. The number of fused-ring (bicyclic) bond motifs is 9. The van der Waals surface area contributed by atoms with E-state index < -0.39 is 0 Å². The monoisotopic (exact) mass is 703 g/mol. The number of anilines is 3. The van der Waals surface area contributed by atoms with Gasteiger partial charge in [0, 0.05) is 55.8 Å². The molecule has 0 spiro atoms. The maximum Gasteiger partial charge on any atom is 0.143 e. The maximum atomic E-state index is 6.96. The second kappa shape index (κ2) is 12.6. The summed E-state index contributed by atoms with van der Waals surface area (Å²) in [6.07, 6.45) is 0. The number of para-hydroxylation sites is 2. The van der Waals surface area contributed by atoms with E-state index in [0.29, 0.717) is 0 Å². The first-order valence-corrected chi connectivity index (χ1v) is 18.7. The van der Waals surface area contributed by atoms with Gasteiger partial charge in [-0.1, -0.05) is 140 Å². The summed E-state index contributed by atoms with van der Waals surface area (Å²) in [7, 11) is 0. The van der Waals surface area contributed by atoms with Crippen LogP contribution < -0.4 is 4.90 Å². The Morgan fingerprint density at radius 1 is 0.309 bits per heavy atom. The summed E-state index contributed by atoms with van der Waals surface area (Å²) in [4.78, 5) is 2.26. The van der Waals surface area contributed by atoms with Crippen molar-refractivity contribution in [1.29, 1.82) is 0 Å². The molecule has 0 fully saturated rings. The van der Waals surface area contributed by atoms with Crippen molar-refractivity contribution in [3.8, 4) is 33.6 Å². The van der Waals surface area contributed by atoms with Gasteiger partial charge in [-0.25, -0.2) is 0 Å². The van der Waals surface area contributed by atoms with Gasteiger partial charge in [-0.2, -0.15) is 0 Å². The van der Waals surface area contributed by atoms with E-state index in [4.69, 9.17) is 8.83 Å². The van der Waals surface area contributed by atoms with Crippen molar-refractivity contribution in [2.45, 2.75) is 0 Å². The maximum absolute atomic E-state index is 6.96. The minimum Gasteiger partial charge on any atom is -0.456 e. The van der Waals surface area contributed by atoms with Gasteiger partial charge in [0.2, 0.25) is 0 Å². The zero-order valence-electron chi connectivity index (χ0n) is 29.8.